The lowest BCUT2D eigenvalue weighted by atomic mass is 10.2. The topological polar surface area (TPSA) is 70.0 Å². The van der Waals surface area contributed by atoms with Crippen LogP contribution in [0.3, 0.4) is 0 Å². The molecule has 0 saturated carbocycles. The molecule has 102 valence electrons. The molecule has 1 fully saturated rings. The predicted molar refractivity (Wildman–Crippen MR) is 70.5 cm³/mol. The summed E-state index contributed by atoms with van der Waals surface area (Å²) in [5, 5.41) is 18.4. The molecule has 5 heteroatoms. The van der Waals surface area contributed by atoms with Gasteiger partial charge in [-0.15, -0.1) is 0 Å². The van der Waals surface area contributed by atoms with E-state index in [0.717, 1.165) is 5.56 Å². The Bertz CT molecular complexity index is 455. The summed E-state index contributed by atoms with van der Waals surface area (Å²) in [6.07, 6.45) is 3.16. The summed E-state index contributed by atoms with van der Waals surface area (Å²) < 4.78 is 5.22. The number of phenolic OH excluding ortho intramolecular Hbond substituents is 1. The second-order valence-electron chi connectivity index (χ2n) is 4.37. The van der Waals surface area contributed by atoms with E-state index >= 15 is 0 Å². The lowest BCUT2D eigenvalue weighted by Gasteiger charge is -2.33. The van der Waals surface area contributed by atoms with Gasteiger partial charge in [0.2, 0.25) is 5.91 Å². The lowest BCUT2D eigenvalue weighted by Crippen LogP contribution is -2.49. The van der Waals surface area contributed by atoms with Crippen LogP contribution in [-0.4, -0.2) is 53.4 Å². The molecule has 1 aromatic rings. The molecule has 5 nitrogen and oxygen atoms in total. The molecule has 1 atom stereocenters. The lowest BCUT2D eigenvalue weighted by molar-refractivity contribution is -0.136. The van der Waals surface area contributed by atoms with E-state index in [-0.39, 0.29) is 24.3 Å². The third-order valence-corrected chi connectivity index (χ3v) is 3.03. The van der Waals surface area contributed by atoms with E-state index in [1.807, 2.05) is 0 Å². The fraction of sp³-hybridized carbons (Fsp3) is 0.357. The Labute approximate surface area is 111 Å². The number of hydrogen-bond donors (Lipinski definition) is 2. The van der Waals surface area contributed by atoms with Crippen LogP contribution in [0.4, 0.5) is 0 Å². The highest BCUT2D eigenvalue weighted by atomic mass is 16.5. The van der Waals surface area contributed by atoms with Gasteiger partial charge in [-0.2, -0.15) is 0 Å². The summed E-state index contributed by atoms with van der Waals surface area (Å²) in [4.78, 5) is 13.6. The monoisotopic (exact) mass is 263 g/mol. The Morgan fingerprint density at radius 3 is 2.84 bits per heavy atom. The van der Waals surface area contributed by atoms with Gasteiger partial charge in [-0.3, -0.25) is 4.79 Å². The molecule has 0 spiro atoms. The first-order valence-electron chi connectivity index (χ1n) is 6.17. The molecule has 0 aliphatic carbocycles. The van der Waals surface area contributed by atoms with Crippen LogP contribution >= 0.6 is 0 Å². The molecule has 0 radical (unpaired) electrons. The first-order chi connectivity index (χ1) is 9.20. The fourth-order valence-corrected chi connectivity index (χ4v) is 1.94. The molecular weight excluding hydrogens is 246 g/mol. The summed E-state index contributed by atoms with van der Waals surface area (Å²) in [5.41, 5.74) is 0.833. The van der Waals surface area contributed by atoms with Gasteiger partial charge in [-0.1, -0.05) is 12.1 Å². The van der Waals surface area contributed by atoms with Crippen molar-refractivity contribution in [3.05, 3.63) is 35.9 Å². The highest BCUT2D eigenvalue weighted by Crippen LogP contribution is 2.12. The molecule has 19 heavy (non-hydrogen) atoms. The van der Waals surface area contributed by atoms with Crippen molar-refractivity contribution in [3.63, 3.8) is 0 Å². The third kappa shape index (κ3) is 3.56. The van der Waals surface area contributed by atoms with Crippen LogP contribution in [0.25, 0.3) is 6.08 Å². The Morgan fingerprint density at radius 2 is 2.16 bits per heavy atom. The predicted octanol–water partition coefficient (Wildman–Crippen LogP) is 0.625. The van der Waals surface area contributed by atoms with E-state index < -0.39 is 0 Å². The summed E-state index contributed by atoms with van der Waals surface area (Å²) >= 11 is 0. The van der Waals surface area contributed by atoms with E-state index in [1.165, 1.54) is 6.08 Å². The summed E-state index contributed by atoms with van der Waals surface area (Å²) in [7, 11) is 0. The molecule has 0 aromatic heterocycles. The fourth-order valence-electron chi connectivity index (χ4n) is 1.94. The third-order valence-electron chi connectivity index (χ3n) is 3.03. The number of nitrogens with zero attached hydrogens (tertiary/aromatic N) is 1. The number of carbonyl (C=O) groups is 1. The van der Waals surface area contributed by atoms with Crippen molar-refractivity contribution in [2.75, 3.05) is 26.4 Å². The molecule has 1 heterocycles. The van der Waals surface area contributed by atoms with Crippen molar-refractivity contribution in [3.8, 4) is 5.75 Å². The molecule has 1 saturated heterocycles. The molecule has 0 bridgehead atoms. The Morgan fingerprint density at radius 1 is 1.42 bits per heavy atom. The highest BCUT2D eigenvalue weighted by molar-refractivity contribution is 5.92. The number of ether oxygens (including phenoxy) is 1. The van der Waals surface area contributed by atoms with E-state index in [2.05, 4.69) is 0 Å². The van der Waals surface area contributed by atoms with Crippen LogP contribution in [0.5, 0.6) is 5.75 Å². The van der Waals surface area contributed by atoms with E-state index in [9.17, 15) is 9.90 Å². The SMILES string of the molecule is O=C(/C=C/c1ccc(O)cc1)N1CCOCC1CO. The minimum absolute atomic E-state index is 0.0984. The van der Waals surface area contributed by atoms with Crippen molar-refractivity contribution in [1.29, 1.82) is 0 Å². The number of benzene rings is 1. The Kier molecular flexibility index (Phi) is 4.54. The Balaban J connectivity index is 2.01. The van der Waals surface area contributed by atoms with Crippen molar-refractivity contribution >= 4 is 12.0 Å². The molecule has 1 aromatic carbocycles. The van der Waals surface area contributed by atoms with Gasteiger partial charge in [0.15, 0.2) is 0 Å². The van der Waals surface area contributed by atoms with Gasteiger partial charge < -0.3 is 19.8 Å². The molecule has 1 amide bonds. The molecule has 2 N–H and O–H groups in total. The number of aromatic hydroxyl groups is 1. The molecule has 1 aliphatic rings. The maximum atomic E-state index is 12.0. The number of aliphatic hydroxyl groups is 1. The quantitative estimate of drug-likeness (QED) is 0.785. The number of aliphatic hydroxyl groups excluding tert-OH is 1. The van der Waals surface area contributed by atoms with Crippen molar-refractivity contribution in [2.24, 2.45) is 0 Å². The first kappa shape index (κ1) is 13.6. The minimum atomic E-state index is -0.272. The van der Waals surface area contributed by atoms with Crippen molar-refractivity contribution in [2.45, 2.75) is 6.04 Å². The number of hydrogen-bond acceptors (Lipinski definition) is 4. The summed E-state index contributed by atoms with van der Waals surface area (Å²) in [6.45, 7) is 1.26. The van der Waals surface area contributed by atoms with Crippen LogP contribution in [-0.2, 0) is 9.53 Å². The Hall–Kier alpha value is -1.85. The minimum Gasteiger partial charge on any atom is -0.508 e. The van der Waals surface area contributed by atoms with Crippen LogP contribution in [0.15, 0.2) is 30.3 Å². The van der Waals surface area contributed by atoms with E-state index in [1.54, 1.807) is 35.2 Å². The number of phenols is 1. The van der Waals surface area contributed by atoms with Crippen LogP contribution < -0.4 is 0 Å². The van der Waals surface area contributed by atoms with E-state index in [0.29, 0.717) is 19.8 Å². The second-order valence-corrected chi connectivity index (χ2v) is 4.37. The largest absolute Gasteiger partial charge is 0.508 e. The van der Waals surface area contributed by atoms with Gasteiger partial charge in [0.1, 0.15) is 5.75 Å². The van der Waals surface area contributed by atoms with Gasteiger partial charge >= 0.3 is 0 Å². The number of rotatable bonds is 3. The maximum Gasteiger partial charge on any atom is 0.247 e. The second kappa shape index (κ2) is 6.36. The highest BCUT2D eigenvalue weighted by Gasteiger charge is 2.24. The van der Waals surface area contributed by atoms with Crippen molar-refractivity contribution < 1.29 is 19.7 Å². The average Bonchev–Trinajstić information content (AvgIpc) is 2.46. The zero-order chi connectivity index (χ0) is 13.7. The first-order valence-corrected chi connectivity index (χ1v) is 6.17. The standard InChI is InChI=1S/C14H17NO4/c16-9-12-10-19-8-7-15(12)14(18)6-3-11-1-4-13(17)5-2-11/h1-6,12,16-17H,7-10H2/b6-3+. The number of amides is 1. The maximum absolute atomic E-state index is 12.0. The number of morpholine rings is 1. The van der Waals surface area contributed by atoms with E-state index in [4.69, 9.17) is 9.84 Å². The van der Waals surface area contributed by atoms with Crippen molar-refractivity contribution in [1.82, 2.24) is 4.90 Å². The van der Waals surface area contributed by atoms with Gasteiger partial charge in [-0.05, 0) is 23.8 Å². The number of carbonyl (C=O) groups excluding carboxylic acids is 1. The van der Waals surface area contributed by atoms with Crippen LogP contribution in [0, 0.1) is 0 Å². The van der Waals surface area contributed by atoms with Gasteiger partial charge in [0.05, 0.1) is 25.9 Å². The summed E-state index contributed by atoms with van der Waals surface area (Å²) in [5.74, 6) is 0.0485. The molecule has 2 rings (SSSR count). The molecule has 1 aliphatic heterocycles. The van der Waals surface area contributed by atoms with Gasteiger partial charge in [-0.25, -0.2) is 0 Å². The summed E-state index contributed by atoms with van der Waals surface area (Å²) in [6, 6.07) is 6.31. The van der Waals surface area contributed by atoms with Gasteiger partial charge in [0, 0.05) is 12.6 Å². The van der Waals surface area contributed by atoms with Crippen LogP contribution in [0.1, 0.15) is 5.56 Å². The van der Waals surface area contributed by atoms with Crippen LogP contribution in [0.2, 0.25) is 0 Å². The zero-order valence-electron chi connectivity index (χ0n) is 10.5. The smallest absolute Gasteiger partial charge is 0.247 e. The zero-order valence-corrected chi connectivity index (χ0v) is 10.5. The molecular formula is C14H17NO4. The normalized spacial score (nSPS) is 19.8. The molecule has 1 unspecified atom stereocenters. The average molecular weight is 263 g/mol. The van der Waals surface area contributed by atoms with Gasteiger partial charge in [0.25, 0.3) is 0 Å².